The average molecular weight is 614 g/mol. The molecular weight excluding hydrogens is 564 g/mol. The fraction of sp³-hybridized carbons (Fsp3) is 0.484. The largest absolute Gasteiger partial charge is 0.748 e. The quantitative estimate of drug-likeness (QED) is 0.136. The molecule has 4 aromatic heterocycles. The van der Waals surface area contributed by atoms with Gasteiger partial charge >= 0.3 is 0 Å². The predicted molar refractivity (Wildman–Crippen MR) is 165 cm³/mol. The van der Waals surface area contributed by atoms with E-state index in [1.54, 1.807) is 0 Å². The van der Waals surface area contributed by atoms with Crippen molar-refractivity contribution in [1.82, 2.24) is 19.9 Å². The maximum atomic E-state index is 10.3. The summed E-state index contributed by atoms with van der Waals surface area (Å²) in [4.78, 5) is 13.6. The van der Waals surface area contributed by atoms with Crippen LogP contribution in [-0.2, 0) is 27.2 Å². The van der Waals surface area contributed by atoms with Crippen LogP contribution >= 0.6 is 0 Å². The van der Waals surface area contributed by atoms with Crippen LogP contribution in [0.2, 0.25) is 0 Å². The van der Waals surface area contributed by atoms with Gasteiger partial charge in [-0.2, -0.15) is 0 Å². The molecule has 0 atom stereocenters. The van der Waals surface area contributed by atoms with Crippen LogP contribution in [0.4, 0.5) is 0 Å². The molecule has 4 aromatic rings. The second kappa shape index (κ2) is 17.4. The van der Waals surface area contributed by atoms with Crippen molar-refractivity contribution < 1.29 is 30.0 Å². The number of nitrogens with one attached hydrogen (secondary N) is 4. The monoisotopic (exact) mass is 613 g/mol. The maximum absolute atomic E-state index is 10.3. The molecule has 0 aromatic carbocycles. The van der Waals surface area contributed by atoms with Crippen LogP contribution in [0.3, 0.4) is 0 Å². The van der Waals surface area contributed by atoms with E-state index < -0.39 is 15.4 Å². The summed E-state index contributed by atoms with van der Waals surface area (Å²) >= 11 is 0. The molecule has 2 aliphatic rings. The molecule has 9 heteroatoms. The van der Waals surface area contributed by atoms with E-state index in [9.17, 15) is 13.0 Å². The summed E-state index contributed by atoms with van der Waals surface area (Å²) in [5.74, 6) is 0. The van der Waals surface area contributed by atoms with Gasteiger partial charge in [0.25, 0.3) is 0 Å². The van der Waals surface area contributed by atoms with Gasteiger partial charge in [0.2, 0.25) is 0 Å². The zero-order valence-corrected chi connectivity index (χ0v) is 23.5. The third kappa shape index (κ3) is 10.5. The molecular formula is C31H49FeN4O3S-. The van der Waals surface area contributed by atoms with E-state index in [-0.39, 0.29) is 39.3 Å². The van der Waals surface area contributed by atoms with Crippen LogP contribution in [0.1, 0.15) is 91.5 Å². The predicted octanol–water partition coefficient (Wildman–Crippen LogP) is 8.95. The molecule has 0 unspecified atom stereocenters. The molecule has 0 aliphatic heterocycles. The normalized spacial score (nSPS) is 14.3. The van der Waals surface area contributed by atoms with Crippen LogP contribution < -0.4 is 0 Å². The third-order valence-corrected chi connectivity index (χ3v) is 8.15. The van der Waals surface area contributed by atoms with Gasteiger partial charge in [-0.25, -0.2) is 8.42 Å². The van der Waals surface area contributed by atoms with Gasteiger partial charge in [-0.1, -0.05) is 67.2 Å². The summed E-state index contributed by atoms with van der Waals surface area (Å²) in [5, 5.41) is -0.572. The zero-order valence-electron chi connectivity index (χ0n) is 21.5. The molecule has 0 amide bonds. The minimum Gasteiger partial charge on any atom is -0.748 e. The second-order valence-corrected chi connectivity index (χ2v) is 11.5. The number of aromatic amines is 4. The molecule has 0 spiro atoms. The van der Waals surface area contributed by atoms with Crippen LogP contribution in [0, 0.1) is 13.8 Å². The van der Waals surface area contributed by atoms with Crippen molar-refractivity contribution in [2.45, 2.75) is 99.2 Å². The van der Waals surface area contributed by atoms with Crippen LogP contribution in [0.15, 0.2) is 48.5 Å². The van der Waals surface area contributed by atoms with E-state index in [0.29, 0.717) is 12.8 Å². The Hall–Kier alpha value is -2.45. The Morgan fingerprint density at radius 1 is 0.550 bits per heavy atom. The standard InChI is InChI=1S/C18H18N4.C5H10O3S.C5H10.3CH4.Fe/c1-11-3-5-13(19-11)15-7-9-17(21-15)18-10-8-16(22-18)14-6-4-12(2)20-14;6-9(7,8)5-3-1-2-4-5;1-2-4-5-3-1;;;;/h3-10,19-22H,1-2H3;5H,1-4H2,(H,6,7,8);1-5H2;3*1H4;/p-1. The molecule has 2 saturated carbocycles. The SMILES string of the molecule is C.C.C.C1CCCC1.Cc1ccc(-c2ccc(-c3ccc(-c4ccc(C)[nH]4)[nH]3)[nH]2)[nH]1.O=S(=O)([O-])C1CCCC1.[Fe]. The van der Waals surface area contributed by atoms with E-state index in [4.69, 9.17) is 0 Å². The number of hydrogen-bond donors (Lipinski definition) is 4. The Balaban J connectivity index is 0.000000711. The Bertz CT molecular complexity index is 1260. The summed E-state index contributed by atoms with van der Waals surface area (Å²) in [6, 6.07) is 16.7. The van der Waals surface area contributed by atoms with Gasteiger partial charge < -0.3 is 24.5 Å². The van der Waals surface area contributed by atoms with Crippen LogP contribution in [0.25, 0.3) is 34.2 Å². The molecule has 0 radical (unpaired) electrons. The van der Waals surface area contributed by atoms with Crippen molar-refractivity contribution in [3.05, 3.63) is 59.9 Å². The van der Waals surface area contributed by atoms with Crippen molar-refractivity contribution in [2.75, 3.05) is 0 Å². The Labute approximate surface area is 252 Å². The first-order chi connectivity index (χ1) is 17.3. The summed E-state index contributed by atoms with van der Waals surface area (Å²) in [5.41, 5.74) is 8.88. The van der Waals surface area contributed by atoms with E-state index >= 15 is 0 Å². The van der Waals surface area contributed by atoms with E-state index in [0.717, 1.165) is 58.4 Å². The molecule has 0 saturated heterocycles. The van der Waals surface area contributed by atoms with Gasteiger partial charge in [0.15, 0.2) is 0 Å². The Morgan fingerprint density at radius 3 is 1.05 bits per heavy atom. The van der Waals surface area contributed by atoms with Crippen LogP contribution in [-0.4, -0.2) is 38.2 Å². The van der Waals surface area contributed by atoms with Crippen molar-refractivity contribution >= 4 is 10.1 Å². The topological polar surface area (TPSA) is 120 Å². The molecule has 2 aliphatic carbocycles. The minimum absolute atomic E-state index is 0. The van der Waals surface area contributed by atoms with E-state index in [2.05, 4.69) is 82.3 Å². The molecule has 4 heterocycles. The summed E-state index contributed by atoms with van der Waals surface area (Å²) < 4.78 is 30.8. The van der Waals surface area contributed by atoms with Gasteiger partial charge in [-0.3, -0.25) is 0 Å². The first kappa shape index (κ1) is 37.5. The maximum Gasteiger partial charge on any atom is 0.0975 e. The van der Waals surface area contributed by atoms with Crippen molar-refractivity contribution in [3.8, 4) is 34.2 Å². The van der Waals surface area contributed by atoms with Crippen LogP contribution in [0.5, 0.6) is 0 Å². The van der Waals surface area contributed by atoms with Gasteiger partial charge in [0.1, 0.15) is 0 Å². The number of aromatic nitrogens is 4. The molecule has 4 N–H and O–H groups in total. The minimum atomic E-state index is -3.95. The van der Waals surface area contributed by atoms with Gasteiger partial charge in [0, 0.05) is 33.7 Å². The van der Waals surface area contributed by atoms with Crippen molar-refractivity contribution in [2.24, 2.45) is 0 Å². The van der Waals surface area contributed by atoms with Gasteiger partial charge in [0.05, 0.1) is 44.3 Å². The number of aryl methyl sites for hydroxylation is 2. The van der Waals surface area contributed by atoms with Gasteiger partial charge in [-0.15, -0.1) is 0 Å². The fourth-order valence-corrected chi connectivity index (χ4v) is 5.71. The molecule has 0 bridgehead atoms. The van der Waals surface area contributed by atoms with E-state index in [1.165, 1.54) is 32.1 Å². The second-order valence-electron chi connectivity index (χ2n) is 9.85. The molecule has 2 fully saturated rings. The Kier molecular flexibility index (Phi) is 16.3. The molecule has 226 valence electrons. The number of hydrogen-bond acceptors (Lipinski definition) is 3. The van der Waals surface area contributed by atoms with Crippen molar-refractivity contribution in [1.29, 1.82) is 0 Å². The van der Waals surface area contributed by atoms with Gasteiger partial charge in [-0.05, 0) is 75.2 Å². The number of rotatable bonds is 4. The summed E-state index contributed by atoms with van der Waals surface area (Å²) in [6.45, 7) is 4.12. The fourth-order valence-electron chi connectivity index (χ4n) is 4.80. The average Bonchev–Trinajstić information content (AvgIpc) is 3.65. The zero-order chi connectivity index (χ0) is 25.5. The molecule has 40 heavy (non-hydrogen) atoms. The van der Waals surface area contributed by atoms with Crippen molar-refractivity contribution in [3.63, 3.8) is 0 Å². The summed E-state index contributed by atoms with van der Waals surface area (Å²) in [7, 11) is -3.95. The number of H-pyrrole nitrogens is 4. The molecule has 6 rings (SSSR count). The first-order valence-electron chi connectivity index (χ1n) is 12.9. The third-order valence-electron chi connectivity index (χ3n) is 6.87. The first-order valence-corrected chi connectivity index (χ1v) is 14.4. The Morgan fingerprint density at radius 2 is 0.825 bits per heavy atom. The summed E-state index contributed by atoms with van der Waals surface area (Å²) in [6.07, 6.45) is 10.4. The molecule has 7 nitrogen and oxygen atoms in total. The van der Waals surface area contributed by atoms with E-state index in [1.807, 2.05) is 0 Å². The smallest absolute Gasteiger partial charge is 0.0975 e.